The first kappa shape index (κ1) is 15.3. The summed E-state index contributed by atoms with van der Waals surface area (Å²) in [5.74, 6) is 2.79. The predicted molar refractivity (Wildman–Crippen MR) is 92.8 cm³/mol. The number of hydrogen-bond donors (Lipinski definition) is 0. The Bertz CT molecular complexity index is 797. The van der Waals surface area contributed by atoms with Gasteiger partial charge in [0.1, 0.15) is 11.6 Å². The molecule has 6 nitrogen and oxygen atoms in total. The second-order valence-electron chi connectivity index (χ2n) is 6.57. The van der Waals surface area contributed by atoms with E-state index in [9.17, 15) is 0 Å². The number of fused-ring (bicyclic) bond motifs is 1. The van der Waals surface area contributed by atoms with Crippen LogP contribution in [0.4, 0.5) is 0 Å². The number of imidazole rings is 1. The number of pyridine rings is 1. The number of rotatable bonds is 5. The third kappa shape index (κ3) is 2.94. The number of hydrogen-bond acceptors (Lipinski definition) is 4. The summed E-state index contributed by atoms with van der Waals surface area (Å²) in [6.07, 6.45) is 9.48. The van der Waals surface area contributed by atoms with Gasteiger partial charge in [0, 0.05) is 31.1 Å². The predicted octanol–water partition coefficient (Wildman–Crippen LogP) is 2.72. The van der Waals surface area contributed by atoms with Crippen LogP contribution in [0.15, 0.2) is 36.8 Å². The van der Waals surface area contributed by atoms with Gasteiger partial charge in [0.05, 0.1) is 6.54 Å². The SMILES string of the molecule is CCCn1ccnc1CN1CCC(c2nnc3ccccn23)CC1. The van der Waals surface area contributed by atoms with Gasteiger partial charge in [0.25, 0.3) is 0 Å². The lowest BCUT2D eigenvalue weighted by Gasteiger charge is -2.31. The van der Waals surface area contributed by atoms with Crippen molar-refractivity contribution in [3.8, 4) is 0 Å². The lowest BCUT2D eigenvalue weighted by atomic mass is 9.96. The summed E-state index contributed by atoms with van der Waals surface area (Å²) in [5, 5.41) is 8.73. The van der Waals surface area contributed by atoms with Crippen molar-refractivity contribution in [1.82, 2.24) is 29.0 Å². The van der Waals surface area contributed by atoms with Crippen LogP contribution >= 0.6 is 0 Å². The molecule has 0 radical (unpaired) electrons. The van der Waals surface area contributed by atoms with Gasteiger partial charge in [-0.1, -0.05) is 13.0 Å². The summed E-state index contributed by atoms with van der Waals surface area (Å²) in [6, 6.07) is 6.07. The van der Waals surface area contributed by atoms with Crippen LogP contribution in [0, 0.1) is 0 Å². The topological polar surface area (TPSA) is 51.2 Å². The highest BCUT2D eigenvalue weighted by atomic mass is 15.3. The lowest BCUT2D eigenvalue weighted by molar-refractivity contribution is 0.194. The van der Waals surface area contributed by atoms with Crippen LogP contribution in [-0.2, 0) is 13.1 Å². The van der Waals surface area contributed by atoms with Crippen molar-refractivity contribution in [2.45, 2.75) is 45.2 Å². The summed E-state index contributed by atoms with van der Waals surface area (Å²) < 4.78 is 4.41. The third-order valence-corrected chi connectivity index (χ3v) is 4.92. The second kappa shape index (κ2) is 6.73. The molecule has 0 amide bonds. The fourth-order valence-corrected chi connectivity index (χ4v) is 3.62. The Labute approximate surface area is 142 Å². The molecule has 4 heterocycles. The van der Waals surface area contributed by atoms with Gasteiger partial charge in [-0.2, -0.15) is 0 Å². The fourth-order valence-electron chi connectivity index (χ4n) is 3.62. The van der Waals surface area contributed by atoms with Gasteiger partial charge >= 0.3 is 0 Å². The maximum Gasteiger partial charge on any atom is 0.160 e. The number of piperidine rings is 1. The number of aryl methyl sites for hydroxylation is 1. The normalized spacial score (nSPS) is 16.9. The van der Waals surface area contributed by atoms with Gasteiger partial charge in [0.15, 0.2) is 5.65 Å². The van der Waals surface area contributed by atoms with E-state index in [1.807, 2.05) is 24.4 Å². The molecule has 0 saturated carbocycles. The molecule has 0 aliphatic carbocycles. The molecular formula is C18H24N6. The highest BCUT2D eigenvalue weighted by molar-refractivity contribution is 5.37. The van der Waals surface area contributed by atoms with Gasteiger partial charge in [-0.3, -0.25) is 9.30 Å². The number of nitrogens with zero attached hydrogens (tertiary/aromatic N) is 6. The van der Waals surface area contributed by atoms with Crippen molar-refractivity contribution in [1.29, 1.82) is 0 Å². The molecule has 0 bridgehead atoms. The van der Waals surface area contributed by atoms with Crippen molar-refractivity contribution in [2.75, 3.05) is 13.1 Å². The van der Waals surface area contributed by atoms with Crippen LogP contribution in [0.1, 0.15) is 43.8 Å². The Hall–Kier alpha value is -2.21. The molecule has 0 N–H and O–H groups in total. The van der Waals surface area contributed by atoms with Crippen LogP contribution in [0.3, 0.4) is 0 Å². The summed E-state index contributed by atoms with van der Waals surface area (Å²) >= 11 is 0. The van der Waals surface area contributed by atoms with Crippen molar-refractivity contribution in [3.05, 3.63) is 48.4 Å². The smallest absolute Gasteiger partial charge is 0.160 e. The highest BCUT2D eigenvalue weighted by Gasteiger charge is 2.25. The number of likely N-dealkylation sites (tertiary alicyclic amines) is 1. The van der Waals surface area contributed by atoms with Crippen LogP contribution < -0.4 is 0 Å². The monoisotopic (exact) mass is 324 g/mol. The first-order chi connectivity index (χ1) is 11.8. The van der Waals surface area contributed by atoms with E-state index in [1.165, 1.54) is 5.82 Å². The van der Waals surface area contributed by atoms with E-state index in [4.69, 9.17) is 0 Å². The molecule has 3 aromatic heterocycles. The molecule has 3 aromatic rings. The Kier molecular flexibility index (Phi) is 4.30. The molecule has 0 spiro atoms. The molecule has 0 aromatic carbocycles. The fraction of sp³-hybridized carbons (Fsp3) is 0.500. The molecule has 4 rings (SSSR count). The van der Waals surface area contributed by atoms with E-state index in [2.05, 4.69) is 48.4 Å². The van der Waals surface area contributed by atoms with E-state index in [0.29, 0.717) is 5.92 Å². The van der Waals surface area contributed by atoms with E-state index in [1.54, 1.807) is 0 Å². The van der Waals surface area contributed by atoms with Crippen molar-refractivity contribution in [2.24, 2.45) is 0 Å². The van der Waals surface area contributed by atoms with Gasteiger partial charge < -0.3 is 4.57 Å². The van der Waals surface area contributed by atoms with Gasteiger partial charge in [0.2, 0.25) is 0 Å². The third-order valence-electron chi connectivity index (χ3n) is 4.92. The molecule has 24 heavy (non-hydrogen) atoms. The molecule has 126 valence electrons. The second-order valence-corrected chi connectivity index (χ2v) is 6.57. The Morgan fingerprint density at radius 2 is 2.00 bits per heavy atom. The average Bonchev–Trinajstić information content (AvgIpc) is 3.23. The van der Waals surface area contributed by atoms with E-state index < -0.39 is 0 Å². The van der Waals surface area contributed by atoms with Crippen LogP contribution in [-0.4, -0.2) is 42.1 Å². The minimum Gasteiger partial charge on any atom is -0.334 e. The van der Waals surface area contributed by atoms with Gasteiger partial charge in [-0.05, 0) is 44.5 Å². The average molecular weight is 324 g/mol. The zero-order chi connectivity index (χ0) is 16.4. The first-order valence-electron chi connectivity index (χ1n) is 8.87. The molecule has 1 aliphatic rings. The maximum absolute atomic E-state index is 4.53. The largest absolute Gasteiger partial charge is 0.334 e. The lowest BCUT2D eigenvalue weighted by Crippen LogP contribution is -2.34. The van der Waals surface area contributed by atoms with Crippen LogP contribution in [0.25, 0.3) is 5.65 Å². The molecule has 0 atom stereocenters. The molecule has 1 saturated heterocycles. The van der Waals surface area contributed by atoms with Gasteiger partial charge in [-0.25, -0.2) is 4.98 Å². The summed E-state index contributed by atoms with van der Waals surface area (Å²) in [6.45, 7) is 6.38. The standard InChI is InChI=1S/C18H24N6/c1-2-9-23-13-8-19-17(23)14-22-11-6-15(7-12-22)18-21-20-16-5-3-4-10-24(16)18/h3-5,8,10,13,15H,2,6-7,9,11-12,14H2,1H3. The highest BCUT2D eigenvalue weighted by Crippen LogP contribution is 2.27. The maximum atomic E-state index is 4.53. The minimum atomic E-state index is 0.494. The first-order valence-corrected chi connectivity index (χ1v) is 8.87. The van der Waals surface area contributed by atoms with Gasteiger partial charge in [-0.15, -0.1) is 10.2 Å². The summed E-state index contributed by atoms with van der Waals surface area (Å²) in [4.78, 5) is 7.04. The van der Waals surface area contributed by atoms with Crippen LogP contribution in [0.5, 0.6) is 0 Å². The van der Waals surface area contributed by atoms with Crippen molar-refractivity contribution < 1.29 is 0 Å². The quantitative estimate of drug-likeness (QED) is 0.724. The zero-order valence-electron chi connectivity index (χ0n) is 14.2. The summed E-state index contributed by atoms with van der Waals surface area (Å²) in [7, 11) is 0. The van der Waals surface area contributed by atoms with E-state index in [0.717, 1.165) is 56.9 Å². The molecule has 6 heteroatoms. The minimum absolute atomic E-state index is 0.494. The Morgan fingerprint density at radius 3 is 2.83 bits per heavy atom. The Morgan fingerprint density at radius 1 is 1.12 bits per heavy atom. The van der Waals surface area contributed by atoms with Crippen LogP contribution in [0.2, 0.25) is 0 Å². The molecule has 0 unspecified atom stereocenters. The molecular weight excluding hydrogens is 300 g/mol. The summed E-state index contributed by atoms with van der Waals surface area (Å²) in [5.41, 5.74) is 0.941. The van der Waals surface area contributed by atoms with E-state index in [-0.39, 0.29) is 0 Å². The zero-order valence-corrected chi connectivity index (χ0v) is 14.2. The Balaban J connectivity index is 1.41. The van der Waals surface area contributed by atoms with Crippen molar-refractivity contribution >= 4 is 5.65 Å². The molecule has 1 fully saturated rings. The van der Waals surface area contributed by atoms with Crippen molar-refractivity contribution in [3.63, 3.8) is 0 Å². The molecule has 1 aliphatic heterocycles. The van der Waals surface area contributed by atoms with E-state index >= 15 is 0 Å². The number of aromatic nitrogens is 5.